The molecule has 0 heterocycles. The van der Waals surface area contributed by atoms with Crippen LogP contribution in [0.5, 0.6) is 0 Å². The van der Waals surface area contributed by atoms with E-state index >= 15 is 0 Å². The van der Waals surface area contributed by atoms with Crippen molar-refractivity contribution in [3.05, 3.63) is 28.2 Å². The molecule has 0 saturated carbocycles. The highest BCUT2D eigenvalue weighted by atomic mass is 35.5. The van der Waals surface area contributed by atoms with Gasteiger partial charge in [-0.1, -0.05) is 37.0 Å². The number of hydrogen-bond acceptors (Lipinski definition) is 3. The van der Waals surface area contributed by atoms with Crippen LogP contribution < -0.4 is 0 Å². The minimum Gasteiger partial charge on any atom is -0.298 e. The van der Waals surface area contributed by atoms with E-state index < -0.39 is 15.6 Å². The van der Waals surface area contributed by atoms with E-state index in [1.165, 1.54) is 18.2 Å². The summed E-state index contributed by atoms with van der Waals surface area (Å²) >= 11 is 11.5. The SMILES string of the molecule is CCC(C)C(=O)CS(=O)(=O)c1ccc(Cl)c(Cl)c1. The van der Waals surface area contributed by atoms with Crippen molar-refractivity contribution in [1.82, 2.24) is 0 Å². The molecule has 0 aliphatic heterocycles. The molecule has 0 radical (unpaired) electrons. The van der Waals surface area contributed by atoms with Crippen LogP contribution >= 0.6 is 23.2 Å². The molecule has 1 aromatic carbocycles. The summed E-state index contributed by atoms with van der Waals surface area (Å²) < 4.78 is 24.0. The summed E-state index contributed by atoms with van der Waals surface area (Å²) in [6, 6.07) is 4.03. The van der Waals surface area contributed by atoms with Crippen molar-refractivity contribution in [1.29, 1.82) is 0 Å². The van der Waals surface area contributed by atoms with Gasteiger partial charge in [0.15, 0.2) is 15.6 Å². The van der Waals surface area contributed by atoms with E-state index in [9.17, 15) is 13.2 Å². The van der Waals surface area contributed by atoms with Gasteiger partial charge in [0.2, 0.25) is 0 Å². The van der Waals surface area contributed by atoms with E-state index in [2.05, 4.69) is 0 Å². The summed E-state index contributed by atoms with van der Waals surface area (Å²) in [6.07, 6.45) is 0.621. The highest BCUT2D eigenvalue weighted by Gasteiger charge is 2.22. The lowest BCUT2D eigenvalue weighted by Crippen LogP contribution is -2.21. The van der Waals surface area contributed by atoms with Crippen molar-refractivity contribution in [3.63, 3.8) is 0 Å². The number of carbonyl (C=O) groups excluding carboxylic acids is 1. The minimum atomic E-state index is -3.65. The van der Waals surface area contributed by atoms with Crippen LogP contribution in [-0.4, -0.2) is 20.0 Å². The van der Waals surface area contributed by atoms with Crippen LogP contribution in [0.15, 0.2) is 23.1 Å². The predicted molar refractivity (Wildman–Crippen MR) is 73.0 cm³/mol. The number of hydrogen-bond donors (Lipinski definition) is 0. The zero-order valence-corrected chi connectivity index (χ0v) is 12.4. The fourth-order valence-electron chi connectivity index (χ4n) is 1.31. The molecule has 0 spiro atoms. The second-order valence-corrected chi connectivity index (χ2v) is 6.91. The molecule has 0 amide bonds. The number of carbonyl (C=O) groups is 1. The van der Waals surface area contributed by atoms with Crippen molar-refractivity contribution < 1.29 is 13.2 Å². The quantitative estimate of drug-likeness (QED) is 0.838. The van der Waals surface area contributed by atoms with Gasteiger partial charge in [-0.15, -0.1) is 0 Å². The minimum absolute atomic E-state index is 0.0218. The number of rotatable bonds is 5. The first kappa shape index (κ1) is 15.5. The zero-order chi connectivity index (χ0) is 13.9. The Kier molecular flexibility index (Phi) is 5.20. The van der Waals surface area contributed by atoms with Crippen LogP contribution in [0.4, 0.5) is 0 Å². The molecule has 0 aliphatic rings. The summed E-state index contributed by atoms with van der Waals surface area (Å²) in [5, 5.41) is 0.442. The average Bonchev–Trinajstić information content (AvgIpc) is 2.30. The van der Waals surface area contributed by atoms with Crippen molar-refractivity contribution in [3.8, 4) is 0 Å². The standard InChI is InChI=1S/C12H14Cl2O3S/c1-3-8(2)12(15)7-18(16,17)9-4-5-10(13)11(14)6-9/h4-6,8H,3,7H2,1-2H3. The lowest BCUT2D eigenvalue weighted by Gasteiger charge is -2.08. The van der Waals surface area contributed by atoms with Crippen LogP contribution in [-0.2, 0) is 14.6 Å². The first-order chi connectivity index (χ1) is 8.27. The second-order valence-electron chi connectivity index (χ2n) is 4.11. The molecule has 18 heavy (non-hydrogen) atoms. The highest BCUT2D eigenvalue weighted by molar-refractivity contribution is 7.92. The Hall–Kier alpha value is -0.580. The van der Waals surface area contributed by atoms with Crippen LogP contribution in [0.2, 0.25) is 10.0 Å². The van der Waals surface area contributed by atoms with Gasteiger partial charge >= 0.3 is 0 Å². The van der Waals surface area contributed by atoms with Gasteiger partial charge < -0.3 is 0 Å². The van der Waals surface area contributed by atoms with Gasteiger partial charge in [0.25, 0.3) is 0 Å². The Morgan fingerprint density at radius 3 is 2.39 bits per heavy atom. The summed E-state index contributed by atoms with van der Waals surface area (Å²) in [5.74, 6) is -1.05. The molecule has 3 nitrogen and oxygen atoms in total. The van der Waals surface area contributed by atoms with E-state index in [1.807, 2.05) is 6.92 Å². The van der Waals surface area contributed by atoms with Crippen molar-refractivity contribution in [2.75, 3.05) is 5.75 Å². The van der Waals surface area contributed by atoms with Gasteiger partial charge in [-0.2, -0.15) is 0 Å². The van der Waals surface area contributed by atoms with Gasteiger partial charge in [-0.05, 0) is 24.6 Å². The third-order valence-corrected chi connectivity index (χ3v) is 5.12. The lowest BCUT2D eigenvalue weighted by molar-refractivity contribution is -0.119. The maximum Gasteiger partial charge on any atom is 0.185 e. The van der Waals surface area contributed by atoms with Gasteiger partial charge in [0.05, 0.1) is 14.9 Å². The largest absolute Gasteiger partial charge is 0.298 e. The van der Waals surface area contributed by atoms with E-state index in [0.29, 0.717) is 6.42 Å². The Morgan fingerprint density at radius 2 is 1.89 bits per heavy atom. The number of sulfone groups is 1. The van der Waals surface area contributed by atoms with Gasteiger partial charge in [0.1, 0.15) is 5.75 Å². The molecule has 1 atom stereocenters. The molecular formula is C12H14Cl2O3S. The molecule has 0 bridgehead atoms. The molecule has 0 aromatic heterocycles. The molecule has 100 valence electrons. The summed E-state index contributed by atoms with van der Waals surface area (Å²) in [4.78, 5) is 11.7. The topological polar surface area (TPSA) is 51.2 Å². The molecular weight excluding hydrogens is 295 g/mol. The fraction of sp³-hybridized carbons (Fsp3) is 0.417. The van der Waals surface area contributed by atoms with E-state index in [1.54, 1.807) is 6.92 Å². The molecule has 0 aliphatic carbocycles. The van der Waals surface area contributed by atoms with Crippen molar-refractivity contribution >= 4 is 38.8 Å². The average molecular weight is 309 g/mol. The molecule has 1 rings (SSSR count). The maximum absolute atomic E-state index is 12.0. The van der Waals surface area contributed by atoms with Crippen LogP contribution in [0.1, 0.15) is 20.3 Å². The first-order valence-corrected chi connectivity index (χ1v) is 7.89. The van der Waals surface area contributed by atoms with Crippen LogP contribution in [0.25, 0.3) is 0 Å². The number of benzene rings is 1. The fourth-order valence-corrected chi connectivity index (χ4v) is 3.07. The van der Waals surface area contributed by atoms with Crippen LogP contribution in [0.3, 0.4) is 0 Å². The van der Waals surface area contributed by atoms with Gasteiger partial charge in [0, 0.05) is 5.92 Å². The Balaban J connectivity index is 3.00. The third kappa shape index (κ3) is 3.70. The predicted octanol–water partition coefficient (Wildman–Crippen LogP) is 3.38. The van der Waals surface area contributed by atoms with Crippen molar-refractivity contribution in [2.45, 2.75) is 25.2 Å². The van der Waals surface area contributed by atoms with E-state index in [0.717, 1.165) is 0 Å². The lowest BCUT2D eigenvalue weighted by atomic mass is 10.1. The third-order valence-electron chi connectivity index (χ3n) is 2.74. The molecule has 6 heteroatoms. The second kappa shape index (κ2) is 6.04. The number of ketones is 1. The maximum atomic E-state index is 12.0. The molecule has 1 aromatic rings. The number of halogens is 2. The molecule has 1 unspecified atom stereocenters. The smallest absolute Gasteiger partial charge is 0.185 e. The molecule has 0 N–H and O–H groups in total. The normalized spacial score (nSPS) is 13.3. The summed E-state index contributed by atoms with van der Waals surface area (Å²) in [7, 11) is -3.65. The Labute approximate surface area is 117 Å². The van der Waals surface area contributed by atoms with Crippen LogP contribution in [0, 0.1) is 5.92 Å². The monoisotopic (exact) mass is 308 g/mol. The number of Topliss-reactive ketones (excluding diaryl/α,β-unsaturated/α-hetero) is 1. The zero-order valence-electron chi connectivity index (χ0n) is 10.1. The van der Waals surface area contributed by atoms with Gasteiger partial charge in [-0.25, -0.2) is 8.42 Å². The Morgan fingerprint density at radius 1 is 1.28 bits per heavy atom. The molecule has 0 fully saturated rings. The first-order valence-electron chi connectivity index (χ1n) is 5.48. The Bertz CT molecular complexity index is 552. The highest BCUT2D eigenvalue weighted by Crippen LogP contribution is 2.25. The summed E-state index contributed by atoms with van der Waals surface area (Å²) in [5.41, 5.74) is 0. The van der Waals surface area contributed by atoms with Crippen molar-refractivity contribution in [2.24, 2.45) is 5.92 Å². The summed E-state index contributed by atoms with van der Waals surface area (Å²) in [6.45, 7) is 3.56. The van der Waals surface area contributed by atoms with E-state index in [-0.39, 0.29) is 26.6 Å². The molecule has 0 saturated heterocycles. The van der Waals surface area contributed by atoms with Gasteiger partial charge in [-0.3, -0.25) is 4.79 Å². The van der Waals surface area contributed by atoms with E-state index in [4.69, 9.17) is 23.2 Å².